The fourth-order valence-corrected chi connectivity index (χ4v) is 4.24. The van der Waals surface area contributed by atoms with Crippen molar-refractivity contribution in [1.29, 1.82) is 0 Å². The van der Waals surface area contributed by atoms with Gasteiger partial charge in [-0.1, -0.05) is 42.5 Å². The van der Waals surface area contributed by atoms with Gasteiger partial charge < -0.3 is 9.30 Å². The number of rotatable bonds is 5. The van der Waals surface area contributed by atoms with Crippen LogP contribution in [0.4, 0.5) is 0 Å². The molecular formula is C23H24N4O2. The lowest BCUT2D eigenvalue weighted by molar-refractivity contribution is 0.0365. The van der Waals surface area contributed by atoms with Gasteiger partial charge in [-0.3, -0.25) is 14.1 Å². The highest BCUT2D eigenvalue weighted by Gasteiger charge is 2.25. The first-order chi connectivity index (χ1) is 14.2. The lowest BCUT2D eigenvalue weighted by atomic mass is 10.1. The smallest absolute Gasteiger partial charge is 0.216 e. The van der Waals surface area contributed by atoms with E-state index in [0.29, 0.717) is 5.69 Å². The number of hydrogen-bond acceptors (Lipinski definition) is 4. The molecule has 1 aliphatic rings. The molecule has 0 spiro atoms. The molecule has 1 fully saturated rings. The van der Waals surface area contributed by atoms with Crippen molar-refractivity contribution in [1.82, 2.24) is 18.9 Å². The highest BCUT2D eigenvalue weighted by atomic mass is 16.5. The van der Waals surface area contributed by atoms with Crippen LogP contribution in [0.2, 0.25) is 0 Å². The SMILES string of the molecule is CC(=O)c1c(-c2ccccc2)n(CCN2CCOCC2)c2nc3ccccc3n12. The monoisotopic (exact) mass is 388 g/mol. The van der Waals surface area contributed by atoms with Crippen molar-refractivity contribution in [3.8, 4) is 11.3 Å². The van der Waals surface area contributed by atoms with Gasteiger partial charge in [0.15, 0.2) is 5.78 Å². The van der Waals surface area contributed by atoms with Crippen molar-refractivity contribution in [2.45, 2.75) is 13.5 Å². The summed E-state index contributed by atoms with van der Waals surface area (Å²) in [5.74, 6) is 0.866. The molecule has 0 aliphatic carbocycles. The van der Waals surface area contributed by atoms with Gasteiger partial charge in [-0.15, -0.1) is 0 Å². The van der Waals surface area contributed by atoms with E-state index in [1.807, 2.05) is 46.9 Å². The number of benzene rings is 2. The lowest BCUT2D eigenvalue weighted by Crippen LogP contribution is -2.38. The molecule has 0 amide bonds. The Labute approximate surface area is 169 Å². The van der Waals surface area contributed by atoms with Crippen molar-refractivity contribution in [3.63, 3.8) is 0 Å². The topological polar surface area (TPSA) is 51.8 Å². The number of para-hydroxylation sites is 2. The van der Waals surface area contributed by atoms with Gasteiger partial charge in [0.25, 0.3) is 0 Å². The normalized spacial score (nSPS) is 15.3. The summed E-state index contributed by atoms with van der Waals surface area (Å²) in [4.78, 5) is 20.1. The summed E-state index contributed by atoms with van der Waals surface area (Å²) in [6, 6.07) is 18.2. The number of carbonyl (C=O) groups excluding carboxylic acids is 1. The lowest BCUT2D eigenvalue weighted by Gasteiger charge is -2.26. The van der Waals surface area contributed by atoms with Crippen LogP contribution in [-0.4, -0.2) is 57.5 Å². The number of ketones is 1. The van der Waals surface area contributed by atoms with Gasteiger partial charge in [0, 0.05) is 38.7 Å². The minimum absolute atomic E-state index is 0.0436. The molecule has 0 radical (unpaired) electrons. The number of morpholine rings is 1. The van der Waals surface area contributed by atoms with Crippen LogP contribution in [0.25, 0.3) is 28.1 Å². The molecule has 3 heterocycles. The molecule has 0 atom stereocenters. The van der Waals surface area contributed by atoms with Crippen molar-refractivity contribution < 1.29 is 9.53 Å². The zero-order chi connectivity index (χ0) is 19.8. The molecule has 1 aliphatic heterocycles. The van der Waals surface area contributed by atoms with Gasteiger partial charge in [-0.05, 0) is 12.1 Å². The summed E-state index contributed by atoms with van der Waals surface area (Å²) in [6.07, 6.45) is 0. The van der Waals surface area contributed by atoms with Gasteiger partial charge in [0.05, 0.1) is 29.9 Å². The van der Waals surface area contributed by atoms with E-state index in [-0.39, 0.29) is 5.78 Å². The van der Waals surface area contributed by atoms with Crippen LogP contribution in [0.1, 0.15) is 17.4 Å². The molecule has 148 valence electrons. The molecule has 0 unspecified atom stereocenters. The van der Waals surface area contributed by atoms with Gasteiger partial charge in [0.1, 0.15) is 5.69 Å². The summed E-state index contributed by atoms with van der Waals surface area (Å²) in [5, 5.41) is 0. The second kappa shape index (κ2) is 7.46. The fourth-order valence-electron chi connectivity index (χ4n) is 4.24. The Balaban J connectivity index is 1.72. The van der Waals surface area contributed by atoms with E-state index in [4.69, 9.17) is 9.72 Å². The highest BCUT2D eigenvalue weighted by molar-refractivity contribution is 6.02. The van der Waals surface area contributed by atoms with E-state index in [9.17, 15) is 4.79 Å². The first kappa shape index (κ1) is 18.1. The van der Waals surface area contributed by atoms with Gasteiger partial charge in [-0.25, -0.2) is 4.98 Å². The van der Waals surface area contributed by atoms with Crippen LogP contribution in [0.5, 0.6) is 0 Å². The molecule has 0 N–H and O–H groups in total. The first-order valence-electron chi connectivity index (χ1n) is 10.1. The predicted octanol–water partition coefficient (Wildman–Crippen LogP) is 3.49. The number of imidazole rings is 2. The summed E-state index contributed by atoms with van der Waals surface area (Å²) in [6.45, 7) is 6.74. The van der Waals surface area contributed by atoms with Crippen molar-refractivity contribution in [2.75, 3.05) is 32.8 Å². The molecule has 6 heteroatoms. The maximum atomic E-state index is 12.8. The third kappa shape index (κ3) is 3.14. The largest absolute Gasteiger partial charge is 0.379 e. The standard InChI is InChI=1S/C23H24N4O2/c1-17(28)21-22(18-7-3-2-4-8-18)26(12-11-25-13-15-29-16-14-25)23-24-19-9-5-6-10-20(19)27(21)23/h2-10H,11-16H2,1H3. The molecule has 6 nitrogen and oxygen atoms in total. The summed E-state index contributed by atoms with van der Waals surface area (Å²) in [5.41, 5.74) is 4.55. The Morgan fingerprint density at radius 2 is 1.72 bits per heavy atom. The van der Waals surface area contributed by atoms with Crippen LogP contribution in [0.15, 0.2) is 54.6 Å². The van der Waals surface area contributed by atoms with Crippen LogP contribution >= 0.6 is 0 Å². The predicted molar refractivity (Wildman–Crippen MR) is 113 cm³/mol. The van der Waals surface area contributed by atoms with E-state index >= 15 is 0 Å². The van der Waals surface area contributed by atoms with E-state index < -0.39 is 0 Å². The van der Waals surface area contributed by atoms with Crippen molar-refractivity contribution in [3.05, 3.63) is 60.3 Å². The summed E-state index contributed by atoms with van der Waals surface area (Å²) in [7, 11) is 0. The first-order valence-corrected chi connectivity index (χ1v) is 10.1. The Hall–Kier alpha value is -2.96. The number of nitrogens with zero attached hydrogens (tertiary/aromatic N) is 4. The van der Waals surface area contributed by atoms with Crippen LogP contribution < -0.4 is 0 Å². The molecule has 4 aromatic rings. The Bertz CT molecular complexity index is 1170. The summed E-state index contributed by atoms with van der Waals surface area (Å²) >= 11 is 0. The number of Topliss-reactive ketones (excluding diaryl/α,β-unsaturated/α-hetero) is 1. The number of carbonyl (C=O) groups is 1. The number of ether oxygens (including phenoxy) is 1. The van der Waals surface area contributed by atoms with E-state index in [2.05, 4.69) is 21.6 Å². The second-order valence-electron chi connectivity index (χ2n) is 7.46. The average Bonchev–Trinajstić information content (AvgIpc) is 3.28. The molecule has 1 saturated heterocycles. The minimum Gasteiger partial charge on any atom is -0.379 e. The number of aromatic nitrogens is 3. The zero-order valence-electron chi connectivity index (χ0n) is 16.5. The zero-order valence-corrected chi connectivity index (χ0v) is 16.5. The second-order valence-corrected chi connectivity index (χ2v) is 7.46. The van der Waals surface area contributed by atoms with E-state index in [1.165, 1.54) is 0 Å². The van der Waals surface area contributed by atoms with E-state index in [0.717, 1.165) is 67.5 Å². The van der Waals surface area contributed by atoms with Gasteiger partial charge >= 0.3 is 0 Å². The Morgan fingerprint density at radius 3 is 2.48 bits per heavy atom. The average molecular weight is 388 g/mol. The van der Waals surface area contributed by atoms with E-state index in [1.54, 1.807) is 6.92 Å². The van der Waals surface area contributed by atoms with Gasteiger partial charge in [-0.2, -0.15) is 0 Å². The van der Waals surface area contributed by atoms with Crippen molar-refractivity contribution in [2.24, 2.45) is 0 Å². The molecule has 0 bridgehead atoms. The molecule has 5 rings (SSSR count). The third-order valence-electron chi connectivity index (χ3n) is 5.63. The molecule has 0 saturated carbocycles. The number of hydrogen-bond donors (Lipinski definition) is 0. The Morgan fingerprint density at radius 1 is 1.00 bits per heavy atom. The maximum Gasteiger partial charge on any atom is 0.216 e. The molecular weight excluding hydrogens is 364 g/mol. The van der Waals surface area contributed by atoms with Crippen LogP contribution in [0, 0.1) is 0 Å². The Kier molecular flexibility index (Phi) is 4.66. The van der Waals surface area contributed by atoms with Gasteiger partial charge in [0.2, 0.25) is 5.78 Å². The third-order valence-corrected chi connectivity index (χ3v) is 5.63. The summed E-state index contributed by atoms with van der Waals surface area (Å²) < 4.78 is 9.72. The quantitative estimate of drug-likeness (QED) is 0.491. The maximum absolute atomic E-state index is 12.8. The molecule has 29 heavy (non-hydrogen) atoms. The van der Waals surface area contributed by atoms with Crippen molar-refractivity contribution >= 4 is 22.6 Å². The highest BCUT2D eigenvalue weighted by Crippen LogP contribution is 2.31. The number of fused-ring (bicyclic) bond motifs is 3. The molecule has 2 aromatic carbocycles. The minimum atomic E-state index is 0.0436. The molecule has 2 aromatic heterocycles. The van der Waals surface area contributed by atoms with Crippen LogP contribution in [-0.2, 0) is 11.3 Å². The van der Waals surface area contributed by atoms with Crippen LogP contribution in [0.3, 0.4) is 0 Å². The fraction of sp³-hybridized carbons (Fsp3) is 0.304.